The molecule has 0 saturated heterocycles. The van der Waals surface area contributed by atoms with Crippen LogP contribution < -0.4 is 0 Å². The Kier molecular flexibility index (Phi) is 56.5. The molecular formula is C126H124Ir5N8O6-8. The molecule has 1 aliphatic rings. The van der Waals surface area contributed by atoms with Gasteiger partial charge in [0.15, 0.2) is 0 Å². The molecule has 5 radical (unpaired) electrons. The van der Waals surface area contributed by atoms with E-state index in [0.29, 0.717) is 0 Å². The SMILES string of the molecule is CC(C)(C)c1c[c-]c(-c2ccccn2)cc1.CC(C)(C)c1c[c-]c(-c2ccccn2)cc1.CC(O)=CC(C)O.CC(O)=CC(C)O.CC(O)=CC(C)O.CC1(C)c2ccccc2-c2c[c-]c(-c3nccc4ccccc34)cc21.Cc1c[c-]c(-c2ccccn2)cc1.Cc1c[c-]c(-c2ccccn2)cc1.[Ir].[Ir].[Ir].[Ir].[Ir].[c-]1ccccc1-c1ccccn1.[c-]1ccccc1-c1ccccn1.[c-]1ccccc1-c1ccccn1. The van der Waals surface area contributed by atoms with Gasteiger partial charge in [-0.1, -0.05) is 214 Å². The second kappa shape index (κ2) is 65.7. The first-order valence-electron chi connectivity index (χ1n) is 46.3. The number of benzene rings is 10. The van der Waals surface area contributed by atoms with Crippen molar-refractivity contribution in [2.75, 3.05) is 0 Å². The number of pyridine rings is 8. The van der Waals surface area contributed by atoms with Crippen LogP contribution in [0, 0.1) is 62.4 Å². The van der Waals surface area contributed by atoms with Gasteiger partial charge in [0, 0.05) is 150 Å². The molecule has 0 aliphatic heterocycles. The minimum absolute atomic E-state index is 0. The fraction of sp³-hybridized carbons (Fsp3) is 0.175. The summed E-state index contributed by atoms with van der Waals surface area (Å²) in [5.41, 5.74) is 27.0. The zero-order valence-electron chi connectivity index (χ0n) is 84.3. The predicted octanol–water partition coefficient (Wildman–Crippen LogP) is 29.5. The molecule has 0 fully saturated rings. The summed E-state index contributed by atoms with van der Waals surface area (Å²) < 4.78 is 0. The second-order valence-corrected chi connectivity index (χ2v) is 35.2. The van der Waals surface area contributed by atoms with Crippen molar-refractivity contribution in [2.24, 2.45) is 0 Å². The van der Waals surface area contributed by atoms with Crippen LogP contribution in [-0.2, 0) is 117 Å². The summed E-state index contributed by atoms with van der Waals surface area (Å²) in [6, 6.07) is 139. The van der Waals surface area contributed by atoms with E-state index in [1.807, 2.05) is 231 Å². The molecule has 757 valence electrons. The van der Waals surface area contributed by atoms with Crippen LogP contribution in [0.1, 0.15) is 130 Å². The molecule has 19 heteroatoms. The molecule has 0 amide bonds. The minimum atomic E-state index is -0.537. The molecule has 0 saturated carbocycles. The number of hydrogen-bond donors (Lipinski definition) is 6. The van der Waals surface area contributed by atoms with Gasteiger partial charge in [0.1, 0.15) is 0 Å². The fourth-order valence-electron chi connectivity index (χ4n) is 13.9. The predicted molar refractivity (Wildman–Crippen MR) is 574 cm³/mol. The van der Waals surface area contributed by atoms with Crippen LogP contribution in [0.2, 0.25) is 0 Å². The fourth-order valence-corrected chi connectivity index (χ4v) is 13.9. The first kappa shape index (κ1) is 125. The normalized spacial score (nSPS) is 11.6. The molecule has 0 bridgehead atoms. The van der Waals surface area contributed by atoms with E-state index in [1.54, 1.807) is 64.1 Å². The van der Waals surface area contributed by atoms with Crippen LogP contribution in [0.15, 0.2) is 425 Å². The summed E-state index contributed by atoms with van der Waals surface area (Å²) in [6.45, 7) is 31.3. The third-order valence-corrected chi connectivity index (χ3v) is 20.9. The smallest absolute Gasteiger partial charge is 0.0877 e. The molecule has 1 aliphatic carbocycles. The van der Waals surface area contributed by atoms with E-state index in [4.69, 9.17) is 30.6 Å². The minimum Gasteiger partial charge on any atom is -0.513 e. The number of allylic oxidation sites excluding steroid dienone is 3. The summed E-state index contributed by atoms with van der Waals surface area (Å²) in [5.74, 6) is 0.486. The van der Waals surface area contributed by atoms with E-state index >= 15 is 0 Å². The number of aliphatic hydroxyl groups excluding tert-OH is 6. The molecular weight excluding hydrogens is 2680 g/mol. The van der Waals surface area contributed by atoms with Gasteiger partial charge in [-0.05, 0) is 186 Å². The number of rotatable bonds is 11. The zero-order chi connectivity index (χ0) is 101. The summed E-state index contributed by atoms with van der Waals surface area (Å²) in [7, 11) is 0. The molecule has 8 heterocycles. The van der Waals surface area contributed by atoms with Gasteiger partial charge in [-0.3, -0.25) is 0 Å². The van der Waals surface area contributed by atoms with E-state index in [9.17, 15) is 0 Å². The third-order valence-electron chi connectivity index (χ3n) is 20.9. The average Bonchev–Trinajstić information content (AvgIpc) is 1.58. The molecule has 8 aromatic heterocycles. The van der Waals surface area contributed by atoms with Crippen LogP contribution in [0.25, 0.3) is 112 Å². The van der Waals surface area contributed by atoms with Gasteiger partial charge in [-0.25, -0.2) is 0 Å². The number of aromatic nitrogens is 8. The van der Waals surface area contributed by atoms with Gasteiger partial charge in [0.2, 0.25) is 0 Å². The standard InChI is InChI=1S/C24H18N.2C15H16N.2C12H10N.3C11H8N.3C5H10O2.5Ir/c1-24(2)21-10-6-5-9-19(21)20-12-11-17(15-22(20)24)23-18-8-4-3-7-16(18)13-14-25-23;2*1-15(2,3)13-9-7-12(8-10-13)14-6-4-5-11-16-14;2*1-10-5-7-11(8-6-10)12-4-2-3-9-13-12;3*1-2-6-10(7-3-1)11-8-4-5-9-12-11;3*1-4(6)3-5(2)7;;;;;/h3-10,12-15H,1-2H3;2*4-7,9-11H,1-3H3;2*2-7,9H,1H3;3*1-6,8-9H;3*3-4,6-7H,1-2H3;;;;;/q8*-1;;;;;;;;. The maximum atomic E-state index is 8.49. The molecule has 3 atom stereocenters. The molecule has 19 rings (SSSR count). The Morgan fingerprint density at radius 2 is 0.566 bits per heavy atom. The van der Waals surface area contributed by atoms with Crippen molar-refractivity contribution in [3.8, 4) is 101 Å². The molecule has 14 nitrogen and oxygen atoms in total. The zero-order valence-corrected chi connectivity index (χ0v) is 96.3. The Morgan fingerprint density at radius 3 is 0.828 bits per heavy atom. The molecule has 10 aromatic carbocycles. The van der Waals surface area contributed by atoms with Crippen LogP contribution >= 0.6 is 0 Å². The van der Waals surface area contributed by atoms with Crippen molar-refractivity contribution in [3.05, 3.63) is 507 Å². The Labute approximate surface area is 926 Å². The van der Waals surface area contributed by atoms with E-state index < -0.39 is 18.3 Å². The van der Waals surface area contributed by atoms with E-state index in [0.717, 1.165) is 90.1 Å². The van der Waals surface area contributed by atoms with E-state index in [1.165, 1.54) is 94.3 Å². The maximum absolute atomic E-state index is 8.49. The van der Waals surface area contributed by atoms with Gasteiger partial charge in [-0.2, -0.15) is 0 Å². The Balaban J connectivity index is 0.000000338. The summed E-state index contributed by atoms with van der Waals surface area (Å²) in [4.78, 5) is 34.4. The van der Waals surface area contributed by atoms with Crippen LogP contribution in [0.4, 0.5) is 0 Å². The monoisotopic (exact) mass is 2810 g/mol. The molecule has 145 heavy (non-hydrogen) atoms. The van der Waals surface area contributed by atoms with Crippen molar-refractivity contribution in [2.45, 2.75) is 145 Å². The number of fused-ring (bicyclic) bond motifs is 4. The van der Waals surface area contributed by atoms with Crippen molar-refractivity contribution < 1.29 is 131 Å². The molecule has 6 N–H and O–H groups in total. The molecule has 3 unspecified atom stereocenters. The van der Waals surface area contributed by atoms with Gasteiger partial charge >= 0.3 is 0 Å². The first-order valence-corrected chi connectivity index (χ1v) is 46.3. The maximum Gasteiger partial charge on any atom is 0.0877 e. The van der Waals surface area contributed by atoms with Crippen LogP contribution in [-0.4, -0.2) is 88.8 Å². The van der Waals surface area contributed by atoms with Crippen molar-refractivity contribution >= 4 is 10.8 Å². The number of nitrogens with zero attached hydrogens (tertiary/aromatic N) is 8. The average molecular weight is 2810 g/mol. The van der Waals surface area contributed by atoms with Crippen molar-refractivity contribution in [1.29, 1.82) is 0 Å². The Morgan fingerprint density at radius 1 is 0.283 bits per heavy atom. The van der Waals surface area contributed by atoms with Gasteiger partial charge < -0.3 is 70.5 Å². The summed E-state index contributed by atoms with van der Waals surface area (Å²) >= 11 is 0. The van der Waals surface area contributed by atoms with Crippen LogP contribution in [0.5, 0.6) is 0 Å². The van der Waals surface area contributed by atoms with Crippen LogP contribution in [0.3, 0.4) is 0 Å². The molecule has 0 spiro atoms. The van der Waals surface area contributed by atoms with Crippen molar-refractivity contribution in [3.63, 3.8) is 0 Å². The second-order valence-electron chi connectivity index (χ2n) is 35.2. The Bertz CT molecular complexity index is 6170. The molecule has 18 aromatic rings. The van der Waals surface area contributed by atoms with Gasteiger partial charge in [0.25, 0.3) is 0 Å². The largest absolute Gasteiger partial charge is 0.513 e. The van der Waals surface area contributed by atoms with Gasteiger partial charge in [0.05, 0.1) is 35.6 Å². The van der Waals surface area contributed by atoms with Gasteiger partial charge in [-0.15, -0.1) is 279 Å². The number of aliphatic hydroxyl groups is 6. The number of hydrogen-bond acceptors (Lipinski definition) is 14. The topological polar surface area (TPSA) is 224 Å². The quantitative estimate of drug-likeness (QED) is 0.0524. The number of aryl methyl sites for hydroxylation is 2. The first-order chi connectivity index (χ1) is 67.3. The van der Waals surface area contributed by atoms with E-state index in [-0.39, 0.29) is 134 Å². The summed E-state index contributed by atoms with van der Waals surface area (Å²) in [5, 5.41) is 53.1. The summed E-state index contributed by atoms with van der Waals surface area (Å²) in [6.07, 6.45) is 16.9. The van der Waals surface area contributed by atoms with E-state index in [2.05, 4.69) is 273 Å². The third kappa shape index (κ3) is 43.7. The Hall–Kier alpha value is -12.6. The van der Waals surface area contributed by atoms with Crippen molar-refractivity contribution in [1.82, 2.24) is 39.9 Å².